The molecule has 1 aromatic heterocycles. The second kappa shape index (κ2) is 30.9. The lowest BCUT2D eigenvalue weighted by atomic mass is 9.96. The first-order chi connectivity index (χ1) is 35.9. The quantitative estimate of drug-likeness (QED) is 0.0256. The standard InChI is InChI=1S/C49H71N13O10.C2H4O2/c1-6-28(4)40(46(69)58-36(24-32-25-53-26-55-32)47(70)62-21-11-15-38(62)44(67)59-37(48(71)72)23-30-12-8-7-9-13-30)61-43(66)35(22-31-16-18-33(63)19-17-31)57-45(68)39(27(2)3)60-42(65)34(56-41(64)29(5)50)14-10-20-54-49(51)52;1-2(3)4/h7-9,12-13,16-19,25-29,34-40,63H,6,10-11,14-15,20-24,50H2,1-5H3,(H,53,55)(H,56,64)(H,57,68)(H,58,69)(H,59,67)(H,60,65)(H,61,66)(H,71,72)(H4,51,52,54);1H3,(H,3,4). The van der Waals surface area contributed by atoms with Gasteiger partial charge in [0.25, 0.3) is 5.97 Å². The van der Waals surface area contributed by atoms with Gasteiger partial charge in [0.1, 0.15) is 48.0 Å². The molecule has 1 fully saturated rings. The summed E-state index contributed by atoms with van der Waals surface area (Å²) in [6.45, 7) is 9.71. The van der Waals surface area contributed by atoms with Crippen molar-refractivity contribution in [3.63, 3.8) is 0 Å². The lowest BCUT2D eigenvalue weighted by molar-refractivity contribution is -0.145. The molecule has 0 aliphatic carbocycles. The molecule has 2 heterocycles. The Morgan fingerprint density at radius 1 is 0.737 bits per heavy atom. The molecular formula is C51H75N13O12. The molecule has 416 valence electrons. The van der Waals surface area contributed by atoms with Gasteiger partial charge in [0.15, 0.2) is 5.96 Å². The zero-order valence-corrected chi connectivity index (χ0v) is 43.8. The molecule has 25 nitrogen and oxygen atoms in total. The van der Waals surface area contributed by atoms with Crippen LogP contribution in [0.5, 0.6) is 5.75 Å². The molecule has 9 atom stereocenters. The molecule has 4 rings (SSSR count). The number of nitrogens with two attached hydrogens (primary N) is 3. The molecule has 1 saturated heterocycles. The van der Waals surface area contributed by atoms with Gasteiger partial charge in [-0.1, -0.05) is 76.6 Å². The molecular weight excluding hydrogens is 987 g/mol. The fourth-order valence-corrected chi connectivity index (χ4v) is 8.06. The highest BCUT2D eigenvalue weighted by Crippen LogP contribution is 2.21. The molecule has 3 aromatic rings. The number of aliphatic carboxylic acids is 2. The van der Waals surface area contributed by atoms with Crippen LogP contribution >= 0.6 is 0 Å². The Morgan fingerprint density at radius 3 is 1.87 bits per heavy atom. The highest BCUT2D eigenvalue weighted by atomic mass is 16.4. The van der Waals surface area contributed by atoms with Gasteiger partial charge in [-0.15, -0.1) is 0 Å². The number of carboxylic acids is 2. The van der Waals surface area contributed by atoms with Crippen LogP contribution in [-0.2, 0) is 62.4 Å². The second-order valence-electron chi connectivity index (χ2n) is 19.0. The van der Waals surface area contributed by atoms with Gasteiger partial charge in [-0.3, -0.25) is 43.3 Å². The summed E-state index contributed by atoms with van der Waals surface area (Å²) in [6.07, 6.45) is 4.09. The van der Waals surface area contributed by atoms with Crippen molar-refractivity contribution >= 4 is 59.2 Å². The number of carbonyl (C=O) groups excluding carboxylic acids is 7. The van der Waals surface area contributed by atoms with Crippen LogP contribution in [0.2, 0.25) is 0 Å². The summed E-state index contributed by atoms with van der Waals surface area (Å²) in [4.78, 5) is 131. The van der Waals surface area contributed by atoms with Crippen molar-refractivity contribution in [1.29, 1.82) is 0 Å². The van der Waals surface area contributed by atoms with E-state index in [1.165, 1.54) is 36.5 Å². The highest BCUT2D eigenvalue weighted by molar-refractivity contribution is 5.98. The molecule has 76 heavy (non-hydrogen) atoms. The minimum Gasteiger partial charge on any atom is -0.508 e. The van der Waals surface area contributed by atoms with Crippen molar-refractivity contribution in [2.24, 2.45) is 34.0 Å². The third-order valence-electron chi connectivity index (χ3n) is 12.4. The number of hydrogen-bond acceptors (Lipinski definition) is 13. The van der Waals surface area contributed by atoms with E-state index in [-0.39, 0.29) is 63.3 Å². The van der Waals surface area contributed by atoms with Crippen LogP contribution in [0.25, 0.3) is 0 Å². The zero-order valence-electron chi connectivity index (χ0n) is 43.8. The van der Waals surface area contributed by atoms with Crippen LogP contribution in [0.1, 0.15) is 90.5 Å². The van der Waals surface area contributed by atoms with Gasteiger partial charge in [0.2, 0.25) is 41.4 Å². The Morgan fingerprint density at radius 2 is 1.30 bits per heavy atom. The minimum atomic E-state index is -1.37. The van der Waals surface area contributed by atoms with Crippen LogP contribution in [0, 0.1) is 11.8 Å². The lowest BCUT2D eigenvalue weighted by Crippen LogP contribution is -2.62. The molecule has 0 radical (unpaired) electrons. The molecule has 9 unspecified atom stereocenters. The summed E-state index contributed by atoms with van der Waals surface area (Å²) in [5, 5.41) is 43.7. The van der Waals surface area contributed by atoms with E-state index in [0.29, 0.717) is 29.7 Å². The normalized spacial score (nSPS) is 16.1. The number of likely N-dealkylation sites (tertiary alicyclic amines) is 1. The van der Waals surface area contributed by atoms with E-state index in [2.05, 4.69) is 46.9 Å². The summed E-state index contributed by atoms with van der Waals surface area (Å²) < 4.78 is 0. The van der Waals surface area contributed by atoms with Gasteiger partial charge in [0, 0.05) is 51.2 Å². The van der Waals surface area contributed by atoms with E-state index in [1.807, 2.05) is 0 Å². The van der Waals surface area contributed by atoms with Crippen LogP contribution in [-0.4, -0.2) is 151 Å². The van der Waals surface area contributed by atoms with Crippen LogP contribution in [0.4, 0.5) is 0 Å². The van der Waals surface area contributed by atoms with Crippen LogP contribution in [0.15, 0.2) is 72.1 Å². The molecule has 0 saturated carbocycles. The first-order valence-electron chi connectivity index (χ1n) is 25.1. The molecule has 0 spiro atoms. The van der Waals surface area contributed by atoms with E-state index < -0.39 is 113 Å². The number of benzene rings is 2. The summed E-state index contributed by atoms with van der Waals surface area (Å²) in [7, 11) is 0. The lowest BCUT2D eigenvalue weighted by Gasteiger charge is -2.32. The van der Waals surface area contributed by atoms with Gasteiger partial charge >= 0.3 is 5.97 Å². The third-order valence-corrected chi connectivity index (χ3v) is 12.4. The number of guanidine groups is 1. The van der Waals surface area contributed by atoms with Crippen molar-refractivity contribution in [2.45, 2.75) is 141 Å². The van der Waals surface area contributed by atoms with Gasteiger partial charge in [-0.2, -0.15) is 0 Å². The van der Waals surface area contributed by atoms with E-state index in [0.717, 1.165) is 6.92 Å². The van der Waals surface area contributed by atoms with Gasteiger partial charge in [-0.05, 0) is 67.7 Å². The topological polar surface area (TPSA) is 409 Å². The molecule has 25 heteroatoms. The Kier molecular flexibility index (Phi) is 25.3. The number of H-pyrrole nitrogens is 1. The number of carbonyl (C=O) groups is 9. The highest BCUT2D eigenvalue weighted by Gasteiger charge is 2.41. The number of nitrogens with zero attached hydrogens (tertiary/aromatic N) is 3. The van der Waals surface area contributed by atoms with E-state index >= 15 is 0 Å². The SMILES string of the molecule is CC(=O)O.CCC(C)C(NC(=O)C(Cc1ccc(O)cc1)NC(=O)C(NC(=O)C(CCCN=C(N)N)NC(=O)C(C)N)C(C)C)C(=O)NC(Cc1cnc[nH]1)C(=O)N1CCCC1C(=O)NC(Cc1ccccc1)C(=O)O. The maximum absolute atomic E-state index is 14.5. The zero-order chi connectivity index (χ0) is 56.6. The number of nitrogens with one attached hydrogen (secondary N) is 7. The fourth-order valence-electron chi connectivity index (χ4n) is 8.06. The Hall–Kier alpha value is -8.09. The third kappa shape index (κ3) is 20.7. The number of aromatic amines is 1. The predicted molar refractivity (Wildman–Crippen MR) is 279 cm³/mol. The monoisotopic (exact) mass is 1060 g/mol. The number of imidazole rings is 1. The molecule has 7 amide bonds. The average molecular weight is 1060 g/mol. The Labute approximate surface area is 441 Å². The van der Waals surface area contributed by atoms with Crippen molar-refractivity contribution in [3.05, 3.63) is 83.9 Å². The Bertz CT molecular complexity index is 2430. The van der Waals surface area contributed by atoms with E-state index in [1.54, 1.807) is 70.2 Å². The summed E-state index contributed by atoms with van der Waals surface area (Å²) in [5.41, 5.74) is 18.3. The van der Waals surface area contributed by atoms with Crippen molar-refractivity contribution in [1.82, 2.24) is 46.8 Å². The smallest absolute Gasteiger partial charge is 0.326 e. The summed E-state index contributed by atoms with van der Waals surface area (Å²) in [5.74, 6) is -8.25. The van der Waals surface area contributed by atoms with E-state index in [9.17, 15) is 48.6 Å². The number of phenolic OH excluding ortho intramolecular Hbond substituents is 1. The Balaban J connectivity index is 0.00000366. The number of aromatic hydroxyl groups is 1. The van der Waals surface area contributed by atoms with Gasteiger partial charge in [-0.25, -0.2) is 9.78 Å². The van der Waals surface area contributed by atoms with Crippen LogP contribution in [0.3, 0.4) is 0 Å². The number of aromatic nitrogens is 2. The predicted octanol–water partition coefficient (Wildman–Crippen LogP) is -0.679. The largest absolute Gasteiger partial charge is 0.508 e. The maximum Gasteiger partial charge on any atom is 0.326 e. The summed E-state index contributed by atoms with van der Waals surface area (Å²) in [6, 6.07) is 5.14. The molecule has 1 aliphatic rings. The fraction of sp³-hybridized carbons (Fsp3) is 0.510. The van der Waals surface area contributed by atoms with Crippen molar-refractivity contribution < 1.29 is 58.5 Å². The molecule has 1 aliphatic heterocycles. The van der Waals surface area contributed by atoms with Crippen LogP contribution < -0.4 is 49.1 Å². The van der Waals surface area contributed by atoms with Crippen molar-refractivity contribution in [3.8, 4) is 5.75 Å². The molecule has 0 bridgehead atoms. The number of hydrogen-bond donors (Lipinski definition) is 13. The number of phenols is 1. The summed E-state index contributed by atoms with van der Waals surface area (Å²) >= 11 is 0. The maximum atomic E-state index is 14.5. The first-order valence-corrected chi connectivity index (χ1v) is 25.1. The average Bonchev–Trinajstić information content (AvgIpc) is 4.08. The first kappa shape index (κ1) is 62.2. The number of amides is 7. The number of carboxylic acid groups (broad SMARTS) is 2. The number of rotatable bonds is 27. The number of aliphatic imine (C=N–C) groups is 1. The van der Waals surface area contributed by atoms with Crippen molar-refractivity contribution in [2.75, 3.05) is 13.1 Å². The second-order valence-corrected chi connectivity index (χ2v) is 19.0. The van der Waals surface area contributed by atoms with Gasteiger partial charge in [0.05, 0.1) is 12.4 Å². The van der Waals surface area contributed by atoms with E-state index in [4.69, 9.17) is 27.1 Å². The van der Waals surface area contributed by atoms with Gasteiger partial charge < -0.3 is 74.3 Å². The molecule has 16 N–H and O–H groups in total. The minimum absolute atomic E-state index is 0.0121. The molecule has 2 aromatic carbocycles.